The monoisotopic (exact) mass is 555 g/mol. The zero-order chi connectivity index (χ0) is 28.2. The molecule has 2 aromatic carbocycles. The van der Waals surface area contributed by atoms with Crippen LogP contribution in [-0.4, -0.2) is 49.0 Å². The molecule has 3 aliphatic rings. The van der Waals surface area contributed by atoms with Crippen LogP contribution in [0.25, 0.3) is 22.2 Å². The number of nitrogens with one attached hydrogen (secondary N) is 3. The highest BCUT2D eigenvalue weighted by Crippen LogP contribution is 2.64. The fraction of sp³-hybridized carbons (Fsp3) is 0.448. The van der Waals surface area contributed by atoms with Crippen molar-refractivity contribution in [2.24, 2.45) is 16.7 Å². The molecule has 1 aliphatic heterocycles. The first kappa shape index (κ1) is 27.5. The van der Waals surface area contributed by atoms with E-state index in [1.54, 1.807) is 0 Å². The van der Waals surface area contributed by atoms with Crippen molar-refractivity contribution in [1.82, 2.24) is 15.6 Å². The van der Waals surface area contributed by atoms with Gasteiger partial charge in [-0.2, -0.15) is 8.42 Å². The molecule has 4 N–H and O–H groups in total. The van der Waals surface area contributed by atoms with Gasteiger partial charge in [-0.1, -0.05) is 38.1 Å². The number of hydrogen-bond donors (Lipinski definition) is 4. The first-order valence-corrected chi connectivity index (χ1v) is 14.8. The molecule has 2 atom stereocenters. The molecule has 0 radical (unpaired) electrons. The van der Waals surface area contributed by atoms with E-state index in [1.165, 1.54) is 17.7 Å². The number of halogens is 1. The molecule has 1 aromatic heterocycles. The van der Waals surface area contributed by atoms with Gasteiger partial charge in [0, 0.05) is 36.1 Å². The third kappa shape index (κ3) is 4.79. The lowest BCUT2D eigenvalue weighted by Crippen LogP contribution is -2.42. The Morgan fingerprint density at radius 2 is 1.87 bits per heavy atom. The SMILES string of the molecule is CC1(C)[C@@H]2CC[C@]1(CS(=O)(=O)O)C(=O)C2.CNCc1ccc(-c2[nH]c3cc(F)cc4c3c2CCNC4=O)cc1. The summed E-state index contributed by atoms with van der Waals surface area (Å²) in [5.41, 5.74) is 4.24. The van der Waals surface area contributed by atoms with Gasteiger partial charge in [0.25, 0.3) is 16.0 Å². The highest BCUT2D eigenvalue weighted by Gasteiger charge is 2.65. The summed E-state index contributed by atoms with van der Waals surface area (Å²) in [5, 5.41) is 6.80. The molecule has 2 aliphatic carbocycles. The van der Waals surface area contributed by atoms with Crippen LogP contribution in [0.3, 0.4) is 0 Å². The van der Waals surface area contributed by atoms with Gasteiger partial charge in [-0.3, -0.25) is 14.1 Å². The van der Waals surface area contributed by atoms with Crippen LogP contribution in [0.4, 0.5) is 4.39 Å². The minimum atomic E-state index is -4.08. The van der Waals surface area contributed by atoms with Crippen LogP contribution in [0, 0.1) is 22.6 Å². The summed E-state index contributed by atoms with van der Waals surface area (Å²) in [6.45, 7) is 5.25. The Hall–Kier alpha value is -3.08. The van der Waals surface area contributed by atoms with Crippen molar-refractivity contribution in [1.29, 1.82) is 0 Å². The van der Waals surface area contributed by atoms with Crippen molar-refractivity contribution >= 4 is 32.7 Å². The largest absolute Gasteiger partial charge is 0.354 e. The number of aromatic amines is 1. The van der Waals surface area contributed by atoms with Crippen molar-refractivity contribution in [3.05, 3.63) is 58.9 Å². The quantitative estimate of drug-likeness (QED) is 0.349. The zero-order valence-electron chi connectivity index (χ0n) is 22.4. The predicted octanol–water partition coefficient (Wildman–Crippen LogP) is 4.25. The number of ketones is 1. The first-order chi connectivity index (χ1) is 18.4. The van der Waals surface area contributed by atoms with Crippen molar-refractivity contribution in [3.63, 3.8) is 0 Å². The van der Waals surface area contributed by atoms with Crippen LogP contribution >= 0.6 is 0 Å². The number of H-pyrrole nitrogens is 1. The zero-order valence-corrected chi connectivity index (χ0v) is 23.2. The van der Waals surface area contributed by atoms with Gasteiger partial charge in [0.05, 0.1) is 16.7 Å². The fourth-order valence-electron chi connectivity index (χ4n) is 6.85. The van der Waals surface area contributed by atoms with Crippen LogP contribution in [0.15, 0.2) is 36.4 Å². The molecule has 39 heavy (non-hydrogen) atoms. The van der Waals surface area contributed by atoms with Crippen LogP contribution < -0.4 is 10.6 Å². The van der Waals surface area contributed by atoms with E-state index in [0.29, 0.717) is 30.5 Å². The van der Waals surface area contributed by atoms with Crippen LogP contribution in [0.2, 0.25) is 0 Å². The molecule has 2 fully saturated rings. The van der Waals surface area contributed by atoms with Gasteiger partial charge in [0.2, 0.25) is 0 Å². The van der Waals surface area contributed by atoms with Gasteiger partial charge in [-0.25, -0.2) is 4.39 Å². The van der Waals surface area contributed by atoms with Gasteiger partial charge in [0.15, 0.2) is 0 Å². The van der Waals surface area contributed by atoms with E-state index in [9.17, 15) is 22.4 Å². The summed E-state index contributed by atoms with van der Waals surface area (Å²) >= 11 is 0. The molecule has 10 heteroatoms. The molecule has 0 unspecified atom stereocenters. The van der Waals surface area contributed by atoms with Gasteiger partial charge in [0.1, 0.15) is 11.6 Å². The van der Waals surface area contributed by atoms with E-state index in [-0.39, 0.29) is 23.0 Å². The average molecular weight is 556 g/mol. The van der Waals surface area contributed by atoms with E-state index < -0.39 is 27.1 Å². The summed E-state index contributed by atoms with van der Waals surface area (Å²) in [6, 6.07) is 11.0. The molecule has 3 aromatic rings. The summed E-state index contributed by atoms with van der Waals surface area (Å²) in [7, 11) is -2.16. The van der Waals surface area contributed by atoms with Crippen molar-refractivity contribution in [2.45, 2.75) is 46.1 Å². The summed E-state index contributed by atoms with van der Waals surface area (Å²) < 4.78 is 44.9. The molecular weight excluding hydrogens is 521 g/mol. The molecular formula is C29H34FN3O5S. The number of aromatic nitrogens is 1. The Bertz CT molecular complexity index is 1560. The van der Waals surface area contributed by atoms with Crippen LogP contribution in [0.5, 0.6) is 0 Å². The standard InChI is InChI=1S/C19H18FN3O.C10H16O4S/c1-21-10-11-2-4-12(5-3-11)18-14-6-7-22-19(24)15-8-13(20)9-16(23-18)17(14)15;1-9(2)7-3-4-10(9,8(11)5-7)6-15(12,13)14/h2-5,8-9,21,23H,6-7,10H2,1H3,(H,22,24);7H,3-6H2,1-2H3,(H,12,13,14)/t;7-,10+/m.1/s1. The lowest BCUT2D eigenvalue weighted by atomic mass is 9.70. The summed E-state index contributed by atoms with van der Waals surface area (Å²) in [5.74, 6) is -0.720. The maximum Gasteiger partial charge on any atom is 0.265 e. The van der Waals surface area contributed by atoms with E-state index in [0.717, 1.165) is 41.6 Å². The van der Waals surface area contributed by atoms with Crippen LogP contribution in [-0.2, 0) is 27.9 Å². The Kier molecular flexibility index (Phi) is 6.93. The fourth-order valence-corrected chi connectivity index (χ4v) is 8.15. The smallest absolute Gasteiger partial charge is 0.265 e. The molecule has 0 spiro atoms. The third-order valence-corrected chi connectivity index (χ3v) is 9.92. The minimum absolute atomic E-state index is 0.0152. The highest BCUT2D eigenvalue weighted by molar-refractivity contribution is 7.85. The Labute approximate surface area is 227 Å². The number of fused-ring (bicyclic) bond motifs is 2. The van der Waals surface area contributed by atoms with Gasteiger partial charge in [-0.05, 0) is 66.5 Å². The highest BCUT2D eigenvalue weighted by atomic mass is 32.2. The second-order valence-electron chi connectivity index (χ2n) is 11.5. The second kappa shape index (κ2) is 9.83. The summed E-state index contributed by atoms with van der Waals surface area (Å²) in [4.78, 5) is 27.4. The molecule has 0 saturated heterocycles. The van der Waals surface area contributed by atoms with E-state index in [2.05, 4.69) is 39.9 Å². The third-order valence-electron chi connectivity index (χ3n) is 9.06. The molecule has 1 amide bonds. The van der Waals surface area contributed by atoms with E-state index in [4.69, 9.17) is 4.55 Å². The van der Waals surface area contributed by atoms with Crippen molar-refractivity contribution in [2.75, 3.05) is 19.3 Å². The van der Waals surface area contributed by atoms with E-state index in [1.807, 2.05) is 20.9 Å². The van der Waals surface area contributed by atoms with Crippen molar-refractivity contribution in [3.8, 4) is 11.3 Å². The summed E-state index contributed by atoms with van der Waals surface area (Å²) in [6.07, 6.45) is 2.69. The maximum atomic E-state index is 13.9. The number of rotatable bonds is 5. The number of carbonyl (C=O) groups is 2. The number of benzene rings is 2. The molecule has 208 valence electrons. The molecule has 2 bridgehead atoms. The number of carbonyl (C=O) groups excluding carboxylic acids is 2. The topological polar surface area (TPSA) is 128 Å². The second-order valence-corrected chi connectivity index (χ2v) is 12.9. The Morgan fingerprint density at radius 3 is 2.46 bits per heavy atom. The Morgan fingerprint density at radius 1 is 1.15 bits per heavy atom. The molecule has 2 heterocycles. The number of amides is 1. The maximum absolute atomic E-state index is 13.9. The van der Waals surface area contributed by atoms with Gasteiger partial charge >= 0.3 is 0 Å². The predicted molar refractivity (Wildman–Crippen MR) is 147 cm³/mol. The van der Waals surface area contributed by atoms with Crippen LogP contribution in [0.1, 0.15) is 54.6 Å². The first-order valence-electron chi connectivity index (χ1n) is 13.2. The molecule has 6 rings (SSSR count). The molecule has 8 nitrogen and oxygen atoms in total. The molecule has 2 saturated carbocycles. The Balaban J connectivity index is 0.000000177. The van der Waals surface area contributed by atoms with Gasteiger partial charge in [-0.15, -0.1) is 0 Å². The number of hydrogen-bond acceptors (Lipinski definition) is 5. The normalized spacial score (nSPS) is 23.4. The average Bonchev–Trinajstić information content (AvgIpc) is 3.33. The lowest BCUT2D eigenvalue weighted by Gasteiger charge is -2.35. The van der Waals surface area contributed by atoms with E-state index >= 15 is 0 Å². The van der Waals surface area contributed by atoms with Crippen molar-refractivity contribution < 1.29 is 27.0 Å². The minimum Gasteiger partial charge on any atom is -0.354 e. The van der Waals surface area contributed by atoms with Gasteiger partial charge < -0.3 is 15.6 Å². The number of Topliss-reactive ketones (excluding diaryl/α,β-unsaturated/α-hetero) is 1. The lowest BCUT2D eigenvalue weighted by molar-refractivity contribution is -0.128.